The third kappa shape index (κ3) is 5.76. The fourth-order valence-electron chi connectivity index (χ4n) is 5.39. The second-order valence-corrected chi connectivity index (χ2v) is 10.4. The highest BCUT2D eigenvalue weighted by Crippen LogP contribution is 2.44. The van der Waals surface area contributed by atoms with E-state index in [9.17, 15) is 4.79 Å². The molecule has 0 spiro atoms. The highest BCUT2D eigenvalue weighted by atomic mass is 35.5. The molecule has 10 heteroatoms. The average molecular weight is 561 g/mol. The highest BCUT2D eigenvalue weighted by Gasteiger charge is 2.30. The molecule has 1 saturated heterocycles. The number of halogens is 1. The summed E-state index contributed by atoms with van der Waals surface area (Å²) in [5, 5.41) is 9.78. The van der Waals surface area contributed by atoms with Crippen molar-refractivity contribution in [2.45, 2.75) is 38.0 Å². The molecule has 1 atom stereocenters. The Hall–Kier alpha value is -4.08. The smallest absolute Gasteiger partial charge is 0.328 e. The van der Waals surface area contributed by atoms with Crippen molar-refractivity contribution in [1.29, 1.82) is 0 Å². The second kappa shape index (κ2) is 11.6. The van der Waals surface area contributed by atoms with Gasteiger partial charge < -0.3 is 23.6 Å². The molecule has 6 rings (SSSR count). The van der Waals surface area contributed by atoms with Crippen molar-refractivity contribution in [3.05, 3.63) is 101 Å². The number of rotatable bonds is 8. The number of ether oxygens (including phenoxy) is 2. The van der Waals surface area contributed by atoms with Gasteiger partial charge in [0.05, 0.1) is 24.6 Å². The summed E-state index contributed by atoms with van der Waals surface area (Å²) in [4.78, 5) is 22.3. The van der Waals surface area contributed by atoms with Crippen LogP contribution in [0.1, 0.15) is 53.4 Å². The number of aliphatic carboxylic acids is 1. The number of para-hydroxylation sites is 1. The van der Waals surface area contributed by atoms with E-state index in [1.54, 1.807) is 18.5 Å². The standard InChI is InChI=1S/C30H29ClN4O5/c31-22-6-4-21(5-7-22)26-19-39-30-24(2-1-3-25(30)40-26)20-10-13-34(14-11-20)17-27-33-16-23(8-9-29(36)37)35(27)18-28-32-12-15-38-28/h1-9,12,15-16,20,26H,10-11,13-14,17-19H2,(H,36,37). The zero-order valence-corrected chi connectivity index (χ0v) is 22.5. The molecule has 9 nitrogen and oxygen atoms in total. The Balaban J connectivity index is 1.12. The third-order valence-corrected chi connectivity index (χ3v) is 7.69. The lowest BCUT2D eigenvalue weighted by molar-refractivity contribution is -0.131. The largest absolute Gasteiger partial charge is 0.485 e. The summed E-state index contributed by atoms with van der Waals surface area (Å²) < 4.78 is 20.0. The van der Waals surface area contributed by atoms with Crippen LogP contribution in [0, 0.1) is 0 Å². The first-order valence-electron chi connectivity index (χ1n) is 13.3. The molecule has 1 N–H and O–H groups in total. The zero-order valence-electron chi connectivity index (χ0n) is 21.8. The SMILES string of the molecule is O=C(O)C=Cc1cnc(CN2CCC(c3cccc4c3OCC(c3ccc(Cl)cc3)O4)CC2)n1Cc1ncco1. The van der Waals surface area contributed by atoms with Gasteiger partial charge >= 0.3 is 5.97 Å². The molecule has 0 radical (unpaired) electrons. The molecular formula is C30H29ClN4O5. The minimum atomic E-state index is -1.01. The molecule has 2 aromatic heterocycles. The fraction of sp³-hybridized carbons (Fsp3) is 0.300. The summed E-state index contributed by atoms with van der Waals surface area (Å²) in [7, 11) is 0. The number of aromatic nitrogens is 3. The van der Waals surface area contributed by atoms with Gasteiger partial charge in [-0.25, -0.2) is 14.8 Å². The highest BCUT2D eigenvalue weighted by molar-refractivity contribution is 6.30. The second-order valence-electron chi connectivity index (χ2n) is 9.98. The first-order valence-corrected chi connectivity index (χ1v) is 13.7. The summed E-state index contributed by atoms with van der Waals surface area (Å²) in [5.74, 6) is 2.36. The minimum Gasteiger partial charge on any atom is -0.485 e. The summed E-state index contributed by atoms with van der Waals surface area (Å²) in [6.07, 6.45) is 9.26. The quantitative estimate of drug-likeness (QED) is 0.279. The Kier molecular flexibility index (Phi) is 7.57. The number of hydrogen-bond donors (Lipinski definition) is 1. The van der Waals surface area contributed by atoms with Crippen molar-refractivity contribution < 1.29 is 23.8 Å². The number of nitrogens with zero attached hydrogens (tertiary/aromatic N) is 4. The maximum Gasteiger partial charge on any atom is 0.328 e. The molecule has 1 fully saturated rings. The molecular weight excluding hydrogens is 532 g/mol. The Morgan fingerprint density at radius 3 is 2.67 bits per heavy atom. The maximum absolute atomic E-state index is 11.1. The van der Waals surface area contributed by atoms with Gasteiger partial charge in [-0.05, 0) is 61.7 Å². The number of likely N-dealkylation sites (tertiary alicyclic amines) is 1. The number of benzene rings is 2. The molecule has 4 aromatic rings. The van der Waals surface area contributed by atoms with Crippen molar-refractivity contribution in [1.82, 2.24) is 19.4 Å². The van der Waals surface area contributed by atoms with Gasteiger partial charge in [0.2, 0.25) is 5.89 Å². The van der Waals surface area contributed by atoms with Crippen LogP contribution in [0.15, 0.2) is 71.6 Å². The molecule has 0 bridgehead atoms. The molecule has 0 amide bonds. The summed E-state index contributed by atoms with van der Waals surface area (Å²) in [6, 6.07) is 13.8. The van der Waals surface area contributed by atoms with Crippen LogP contribution >= 0.6 is 11.6 Å². The first kappa shape index (κ1) is 26.2. The molecule has 0 saturated carbocycles. The number of carboxylic acid groups (broad SMARTS) is 1. The van der Waals surface area contributed by atoms with Gasteiger partial charge in [0.25, 0.3) is 0 Å². The van der Waals surface area contributed by atoms with Crippen molar-refractivity contribution in [2.75, 3.05) is 19.7 Å². The van der Waals surface area contributed by atoms with Gasteiger partial charge in [0.15, 0.2) is 17.6 Å². The molecule has 1 unspecified atom stereocenters. The summed E-state index contributed by atoms with van der Waals surface area (Å²) in [6.45, 7) is 3.27. The molecule has 0 aliphatic carbocycles. The number of piperidine rings is 1. The van der Waals surface area contributed by atoms with Crippen LogP contribution in [-0.2, 0) is 17.9 Å². The van der Waals surface area contributed by atoms with E-state index in [0.717, 1.165) is 54.9 Å². The van der Waals surface area contributed by atoms with Crippen LogP contribution in [-0.4, -0.2) is 50.2 Å². The van der Waals surface area contributed by atoms with Gasteiger partial charge in [-0.1, -0.05) is 35.9 Å². The van der Waals surface area contributed by atoms with Crippen LogP contribution in [0.25, 0.3) is 6.08 Å². The van der Waals surface area contributed by atoms with Gasteiger partial charge in [-0.15, -0.1) is 0 Å². The fourth-order valence-corrected chi connectivity index (χ4v) is 5.51. The number of oxazole rings is 1. The Morgan fingerprint density at radius 2 is 1.93 bits per heavy atom. The van der Waals surface area contributed by atoms with Crippen molar-refractivity contribution >= 4 is 23.6 Å². The van der Waals surface area contributed by atoms with Gasteiger partial charge in [-0.2, -0.15) is 0 Å². The van der Waals surface area contributed by atoms with E-state index >= 15 is 0 Å². The zero-order chi connectivity index (χ0) is 27.5. The first-order chi connectivity index (χ1) is 19.5. The maximum atomic E-state index is 11.1. The summed E-state index contributed by atoms with van der Waals surface area (Å²) in [5.41, 5.74) is 2.92. The van der Waals surface area contributed by atoms with E-state index < -0.39 is 5.97 Å². The van der Waals surface area contributed by atoms with Gasteiger partial charge in [0.1, 0.15) is 25.2 Å². The number of fused-ring (bicyclic) bond motifs is 1. The number of carbonyl (C=O) groups is 1. The lowest BCUT2D eigenvalue weighted by Gasteiger charge is -2.34. The van der Waals surface area contributed by atoms with Crippen LogP contribution in [0.3, 0.4) is 0 Å². The predicted octanol–water partition coefficient (Wildman–Crippen LogP) is 5.56. The van der Waals surface area contributed by atoms with Crippen LogP contribution < -0.4 is 9.47 Å². The molecule has 2 aliphatic heterocycles. The van der Waals surface area contributed by atoms with E-state index in [2.05, 4.69) is 20.9 Å². The molecule has 4 heterocycles. The van der Waals surface area contributed by atoms with Crippen LogP contribution in [0.2, 0.25) is 5.02 Å². The van der Waals surface area contributed by atoms with Crippen LogP contribution in [0.4, 0.5) is 0 Å². The van der Waals surface area contributed by atoms with E-state index in [0.29, 0.717) is 42.2 Å². The van der Waals surface area contributed by atoms with E-state index in [1.165, 1.54) is 11.8 Å². The Bertz CT molecular complexity index is 1490. The van der Waals surface area contributed by atoms with Crippen molar-refractivity contribution in [2.24, 2.45) is 0 Å². The van der Waals surface area contributed by atoms with E-state index in [-0.39, 0.29) is 6.10 Å². The van der Waals surface area contributed by atoms with Crippen molar-refractivity contribution in [3.8, 4) is 11.5 Å². The van der Waals surface area contributed by atoms with Gasteiger partial charge in [-0.3, -0.25) is 4.90 Å². The molecule has 2 aliphatic rings. The predicted molar refractivity (Wildman–Crippen MR) is 149 cm³/mol. The third-order valence-electron chi connectivity index (χ3n) is 7.43. The minimum absolute atomic E-state index is 0.169. The normalized spacial score (nSPS) is 17.9. The van der Waals surface area contributed by atoms with Gasteiger partial charge in [0, 0.05) is 16.7 Å². The van der Waals surface area contributed by atoms with Crippen molar-refractivity contribution in [3.63, 3.8) is 0 Å². The Labute approximate surface area is 236 Å². The number of carboxylic acids is 1. The van der Waals surface area contributed by atoms with E-state index in [1.807, 2.05) is 41.0 Å². The van der Waals surface area contributed by atoms with E-state index in [4.69, 9.17) is 30.6 Å². The topological polar surface area (TPSA) is 103 Å². The molecule has 40 heavy (non-hydrogen) atoms. The Morgan fingerprint density at radius 1 is 1.10 bits per heavy atom. The number of hydrogen-bond acceptors (Lipinski definition) is 7. The molecule has 206 valence electrons. The monoisotopic (exact) mass is 560 g/mol. The number of imidazole rings is 1. The van der Waals surface area contributed by atoms with Crippen LogP contribution in [0.5, 0.6) is 11.5 Å². The lowest BCUT2D eigenvalue weighted by atomic mass is 9.88. The average Bonchev–Trinajstić information content (AvgIpc) is 3.62. The molecule has 2 aromatic carbocycles. The lowest BCUT2D eigenvalue weighted by Crippen LogP contribution is -2.34. The summed E-state index contributed by atoms with van der Waals surface area (Å²) >= 11 is 6.05.